The first-order valence-electron chi connectivity index (χ1n) is 7.32. The van der Waals surface area contributed by atoms with Crippen molar-refractivity contribution in [2.24, 2.45) is 0 Å². The monoisotopic (exact) mass is 337 g/mol. The second-order valence-electron chi connectivity index (χ2n) is 5.52. The molecular formula is C13H18F3N3O4. The minimum atomic E-state index is -3.37. The maximum absolute atomic E-state index is 13.1. The number of carbonyl (C=O) groups is 3. The van der Waals surface area contributed by atoms with Gasteiger partial charge in [-0.2, -0.15) is 0 Å². The van der Waals surface area contributed by atoms with Gasteiger partial charge in [-0.1, -0.05) is 0 Å². The SMILES string of the molecule is O=C(C(F)C(F)F)N1CCN(C(=O)C2CCCN2C(=O)O)CC1. The molecule has 2 aliphatic rings. The first-order chi connectivity index (χ1) is 10.8. The number of halogens is 3. The number of amides is 3. The van der Waals surface area contributed by atoms with E-state index < -0.39 is 30.6 Å². The Bertz CT molecular complexity index is 483. The summed E-state index contributed by atoms with van der Waals surface area (Å²) in [5, 5.41) is 9.05. The molecule has 2 heterocycles. The van der Waals surface area contributed by atoms with Crippen molar-refractivity contribution in [3.63, 3.8) is 0 Å². The number of nitrogens with zero attached hydrogens (tertiary/aromatic N) is 3. The van der Waals surface area contributed by atoms with Gasteiger partial charge in [0, 0.05) is 32.7 Å². The van der Waals surface area contributed by atoms with Crippen LogP contribution in [0.5, 0.6) is 0 Å². The largest absolute Gasteiger partial charge is 0.465 e. The van der Waals surface area contributed by atoms with Crippen LogP contribution in [0.2, 0.25) is 0 Å². The number of carboxylic acid groups (broad SMARTS) is 1. The Hall–Kier alpha value is -2.00. The molecule has 0 saturated carbocycles. The van der Waals surface area contributed by atoms with E-state index in [1.165, 1.54) is 4.90 Å². The van der Waals surface area contributed by atoms with Crippen LogP contribution in [-0.2, 0) is 9.59 Å². The molecule has 130 valence electrons. The van der Waals surface area contributed by atoms with Gasteiger partial charge >= 0.3 is 6.09 Å². The highest BCUT2D eigenvalue weighted by atomic mass is 19.3. The van der Waals surface area contributed by atoms with Gasteiger partial charge in [0.05, 0.1) is 0 Å². The standard InChI is InChI=1S/C13H18F3N3O4/c14-9(10(15)16)12(21)18-6-4-17(5-7-18)11(20)8-2-1-3-19(8)13(22)23/h8-10H,1-7H2,(H,22,23). The molecule has 2 atom stereocenters. The van der Waals surface area contributed by atoms with Gasteiger partial charge in [-0.3, -0.25) is 14.5 Å². The first kappa shape index (κ1) is 17.4. The molecule has 1 N–H and O–H groups in total. The molecule has 2 saturated heterocycles. The van der Waals surface area contributed by atoms with Gasteiger partial charge in [0.15, 0.2) is 0 Å². The molecule has 7 nitrogen and oxygen atoms in total. The fourth-order valence-electron chi connectivity index (χ4n) is 2.89. The van der Waals surface area contributed by atoms with Crippen molar-refractivity contribution in [3.8, 4) is 0 Å². The fraction of sp³-hybridized carbons (Fsp3) is 0.769. The summed E-state index contributed by atoms with van der Waals surface area (Å²) in [6, 6.07) is -0.746. The Kier molecular flexibility index (Phi) is 5.32. The summed E-state index contributed by atoms with van der Waals surface area (Å²) >= 11 is 0. The molecule has 0 aromatic rings. The van der Waals surface area contributed by atoms with E-state index in [1.54, 1.807) is 0 Å². The molecule has 0 bridgehead atoms. The van der Waals surface area contributed by atoms with Crippen molar-refractivity contribution < 1.29 is 32.7 Å². The molecule has 0 aromatic heterocycles. The van der Waals surface area contributed by atoms with Crippen molar-refractivity contribution in [2.45, 2.75) is 31.5 Å². The number of piperazine rings is 1. The smallest absolute Gasteiger partial charge is 0.407 e. The Labute approximate surface area is 130 Å². The van der Waals surface area contributed by atoms with Crippen LogP contribution in [0.1, 0.15) is 12.8 Å². The van der Waals surface area contributed by atoms with Crippen LogP contribution in [0.4, 0.5) is 18.0 Å². The van der Waals surface area contributed by atoms with E-state index >= 15 is 0 Å². The van der Waals surface area contributed by atoms with E-state index in [2.05, 4.69) is 0 Å². The molecule has 0 aromatic carbocycles. The van der Waals surface area contributed by atoms with Crippen LogP contribution >= 0.6 is 0 Å². The number of rotatable bonds is 3. The Morgan fingerprint density at radius 2 is 1.52 bits per heavy atom. The lowest BCUT2D eigenvalue weighted by molar-refractivity contribution is -0.148. The molecule has 2 unspecified atom stereocenters. The second kappa shape index (κ2) is 7.05. The van der Waals surface area contributed by atoms with Gasteiger partial charge in [0.2, 0.25) is 12.1 Å². The average Bonchev–Trinajstić information content (AvgIpc) is 3.02. The lowest BCUT2D eigenvalue weighted by Crippen LogP contribution is -2.56. The maximum Gasteiger partial charge on any atom is 0.407 e. The van der Waals surface area contributed by atoms with Gasteiger partial charge in [0.25, 0.3) is 12.3 Å². The third kappa shape index (κ3) is 3.67. The van der Waals surface area contributed by atoms with Crippen molar-refractivity contribution >= 4 is 17.9 Å². The Morgan fingerprint density at radius 1 is 0.957 bits per heavy atom. The minimum absolute atomic E-state index is 0.0441. The zero-order valence-corrected chi connectivity index (χ0v) is 12.3. The number of likely N-dealkylation sites (tertiary alicyclic amines) is 1. The van der Waals surface area contributed by atoms with E-state index in [4.69, 9.17) is 5.11 Å². The summed E-state index contributed by atoms with van der Waals surface area (Å²) in [5.74, 6) is -1.64. The van der Waals surface area contributed by atoms with E-state index in [1.807, 2.05) is 0 Å². The molecule has 0 aliphatic carbocycles. The van der Waals surface area contributed by atoms with Crippen LogP contribution in [0, 0.1) is 0 Å². The molecule has 10 heteroatoms. The molecule has 2 aliphatic heterocycles. The van der Waals surface area contributed by atoms with Crippen LogP contribution in [-0.4, -0.2) is 89.1 Å². The predicted molar refractivity (Wildman–Crippen MR) is 71.8 cm³/mol. The van der Waals surface area contributed by atoms with Crippen LogP contribution < -0.4 is 0 Å². The summed E-state index contributed by atoms with van der Waals surface area (Å²) < 4.78 is 37.5. The van der Waals surface area contributed by atoms with Gasteiger partial charge in [-0.15, -0.1) is 0 Å². The topological polar surface area (TPSA) is 81.2 Å². The summed E-state index contributed by atoms with van der Waals surface area (Å²) in [6.45, 7) is 0.353. The van der Waals surface area contributed by atoms with Gasteiger partial charge < -0.3 is 14.9 Å². The number of hydrogen-bond donors (Lipinski definition) is 1. The lowest BCUT2D eigenvalue weighted by Gasteiger charge is -2.37. The van der Waals surface area contributed by atoms with Gasteiger partial charge in [-0.25, -0.2) is 18.0 Å². The first-order valence-corrected chi connectivity index (χ1v) is 7.32. The van der Waals surface area contributed by atoms with Crippen LogP contribution in [0.15, 0.2) is 0 Å². The zero-order chi connectivity index (χ0) is 17.1. The predicted octanol–water partition coefficient (Wildman–Crippen LogP) is 0.403. The van der Waals surface area contributed by atoms with Gasteiger partial charge in [0.1, 0.15) is 6.04 Å². The third-order valence-corrected chi connectivity index (χ3v) is 4.14. The summed E-state index contributed by atoms with van der Waals surface area (Å²) in [4.78, 5) is 38.4. The normalized spacial score (nSPS) is 23.3. The number of hydrogen-bond acceptors (Lipinski definition) is 3. The lowest BCUT2D eigenvalue weighted by atomic mass is 10.1. The quantitative estimate of drug-likeness (QED) is 0.808. The average molecular weight is 337 g/mol. The van der Waals surface area contributed by atoms with Crippen LogP contribution in [0.3, 0.4) is 0 Å². The zero-order valence-electron chi connectivity index (χ0n) is 12.3. The van der Waals surface area contributed by atoms with Crippen molar-refractivity contribution in [1.82, 2.24) is 14.7 Å². The third-order valence-electron chi connectivity index (χ3n) is 4.14. The molecular weight excluding hydrogens is 319 g/mol. The van der Waals surface area contributed by atoms with E-state index in [-0.39, 0.29) is 32.1 Å². The number of alkyl halides is 3. The Morgan fingerprint density at radius 3 is 2.04 bits per heavy atom. The molecule has 2 fully saturated rings. The molecule has 23 heavy (non-hydrogen) atoms. The molecule has 3 amide bonds. The summed E-state index contributed by atoms with van der Waals surface area (Å²) in [6.07, 6.45) is -6.35. The molecule has 0 spiro atoms. The Balaban J connectivity index is 1.90. The van der Waals surface area contributed by atoms with Crippen molar-refractivity contribution in [1.29, 1.82) is 0 Å². The number of carbonyl (C=O) groups excluding carboxylic acids is 2. The van der Waals surface area contributed by atoms with E-state index in [9.17, 15) is 27.6 Å². The summed E-state index contributed by atoms with van der Waals surface area (Å²) in [7, 11) is 0. The van der Waals surface area contributed by atoms with Gasteiger partial charge in [-0.05, 0) is 12.8 Å². The van der Waals surface area contributed by atoms with Crippen molar-refractivity contribution in [3.05, 3.63) is 0 Å². The minimum Gasteiger partial charge on any atom is -0.465 e. The van der Waals surface area contributed by atoms with Crippen molar-refractivity contribution in [2.75, 3.05) is 32.7 Å². The van der Waals surface area contributed by atoms with E-state index in [0.717, 1.165) is 9.80 Å². The van der Waals surface area contributed by atoms with E-state index in [0.29, 0.717) is 19.4 Å². The fourth-order valence-corrected chi connectivity index (χ4v) is 2.89. The molecule has 0 radical (unpaired) electrons. The summed E-state index contributed by atoms with van der Waals surface area (Å²) in [5.41, 5.74) is 0. The highest BCUT2D eigenvalue weighted by molar-refractivity contribution is 5.86. The maximum atomic E-state index is 13.1. The highest BCUT2D eigenvalue weighted by Gasteiger charge is 2.39. The second-order valence-corrected chi connectivity index (χ2v) is 5.52. The molecule has 2 rings (SSSR count). The highest BCUT2D eigenvalue weighted by Crippen LogP contribution is 2.20. The van der Waals surface area contributed by atoms with Crippen LogP contribution in [0.25, 0.3) is 0 Å².